The molecule has 1 saturated heterocycles. The summed E-state index contributed by atoms with van der Waals surface area (Å²) in [6.45, 7) is 1.84. The van der Waals surface area contributed by atoms with Crippen LogP contribution in [-0.4, -0.2) is 50.0 Å². The van der Waals surface area contributed by atoms with Crippen molar-refractivity contribution in [1.82, 2.24) is 5.32 Å². The van der Waals surface area contributed by atoms with Gasteiger partial charge in [0.2, 0.25) is 0 Å². The van der Waals surface area contributed by atoms with Crippen LogP contribution in [-0.2, 0) is 11.2 Å². The molecule has 0 radical (unpaired) electrons. The number of amides is 1. The highest BCUT2D eigenvalue weighted by Gasteiger charge is 2.15. The first-order valence-electron chi connectivity index (χ1n) is 9.59. The maximum absolute atomic E-state index is 12.4. The van der Waals surface area contributed by atoms with Crippen molar-refractivity contribution in [1.29, 1.82) is 0 Å². The van der Waals surface area contributed by atoms with Crippen LogP contribution in [0.4, 0.5) is 0 Å². The van der Waals surface area contributed by atoms with Gasteiger partial charge in [-0.1, -0.05) is 6.07 Å². The van der Waals surface area contributed by atoms with Crippen molar-refractivity contribution >= 4 is 11.9 Å². The molecule has 7 heteroatoms. The van der Waals surface area contributed by atoms with Crippen molar-refractivity contribution in [3.8, 4) is 11.5 Å². The lowest BCUT2D eigenvalue weighted by atomic mass is 10.1. The monoisotopic (exact) mass is 399 g/mol. The zero-order valence-electron chi connectivity index (χ0n) is 16.3. The quantitative estimate of drug-likeness (QED) is 0.709. The maximum Gasteiger partial charge on any atom is 0.335 e. The third-order valence-electron chi connectivity index (χ3n) is 4.80. The van der Waals surface area contributed by atoms with E-state index in [-0.39, 0.29) is 17.6 Å². The van der Waals surface area contributed by atoms with Crippen molar-refractivity contribution in [3.05, 3.63) is 59.2 Å². The molecule has 0 bridgehead atoms. The van der Waals surface area contributed by atoms with Crippen molar-refractivity contribution < 1.29 is 28.9 Å². The third kappa shape index (κ3) is 5.71. The third-order valence-corrected chi connectivity index (χ3v) is 4.80. The number of carbonyl (C=O) groups excluding carboxylic acids is 1. The number of methoxy groups -OCH3 is 1. The normalized spacial score (nSPS) is 14.2. The molecule has 1 fully saturated rings. The van der Waals surface area contributed by atoms with Gasteiger partial charge in [0.05, 0.1) is 25.9 Å². The predicted octanol–water partition coefficient (Wildman–Crippen LogP) is 2.92. The van der Waals surface area contributed by atoms with Gasteiger partial charge in [-0.25, -0.2) is 4.79 Å². The molecule has 0 aromatic heterocycles. The number of hydrogen-bond donors (Lipinski definition) is 2. The van der Waals surface area contributed by atoms with E-state index in [1.165, 1.54) is 19.2 Å². The first-order valence-corrected chi connectivity index (χ1v) is 9.59. The van der Waals surface area contributed by atoms with E-state index in [4.69, 9.17) is 19.3 Å². The second-order valence-electron chi connectivity index (χ2n) is 6.79. The van der Waals surface area contributed by atoms with Gasteiger partial charge in [0, 0.05) is 24.9 Å². The lowest BCUT2D eigenvalue weighted by molar-refractivity contribution is 0.0255. The maximum atomic E-state index is 12.4. The predicted molar refractivity (Wildman–Crippen MR) is 107 cm³/mol. The second-order valence-corrected chi connectivity index (χ2v) is 6.79. The summed E-state index contributed by atoms with van der Waals surface area (Å²) in [6, 6.07) is 11.8. The molecule has 7 nitrogen and oxygen atoms in total. The zero-order valence-corrected chi connectivity index (χ0v) is 16.3. The number of ether oxygens (including phenoxy) is 3. The van der Waals surface area contributed by atoms with Crippen LogP contribution in [0.25, 0.3) is 0 Å². The Morgan fingerprint density at radius 2 is 1.79 bits per heavy atom. The van der Waals surface area contributed by atoms with Gasteiger partial charge >= 0.3 is 5.97 Å². The van der Waals surface area contributed by atoms with Crippen LogP contribution in [0.2, 0.25) is 0 Å². The van der Waals surface area contributed by atoms with Crippen LogP contribution in [0.1, 0.15) is 39.1 Å². The topological polar surface area (TPSA) is 94.1 Å². The molecule has 154 valence electrons. The number of nitrogens with one attached hydrogen (secondary N) is 1. The molecule has 0 aliphatic carbocycles. The van der Waals surface area contributed by atoms with Gasteiger partial charge < -0.3 is 24.6 Å². The van der Waals surface area contributed by atoms with Crippen molar-refractivity contribution in [3.63, 3.8) is 0 Å². The number of carboxylic acids is 1. The molecule has 1 aliphatic rings. The Balaban J connectivity index is 1.51. The minimum Gasteiger partial charge on any atom is -0.496 e. The Kier molecular flexibility index (Phi) is 7.08. The molecule has 3 rings (SSSR count). The van der Waals surface area contributed by atoms with Crippen LogP contribution >= 0.6 is 0 Å². The summed E-state index contributed by atoms with van der Waals surface area (Å²) in [7, 11) is 1.49. The van der Waals surface area contributed by atoms with Crippen LogP contribution in [0.5, 0.6) is 11.5 Å². The summed E-state index contributed by atoms with van der Waals surface area (Å²) in [5.74, 6) is 0.0570. The molecule has 29 heavy (non-hydrogen) atoms. The van der Waals surface area contributed by atoms with Crippen molar-refractivity contribution in [2.45, 2.75) is 25.4 Å². The number of carbonyl (C=O) groups is 2. The summed E-state index contributed by atoms with van der Waals surface area (Å²) in [5.41, 5.74) is 1.55. The molecule has 0 atom stereocenters. The van der Waals surface area contributed by atoms with E-state index in [9.17, 15) is 9.59 Å². The average Bonchev–Trinajstić information content (AvgIpc) is 2.75. The fraction of sp³-hybridized carbons (Fsp3) is 0.364. The molecule has 1 amide bonds. The molecule has 2 N–H and O–H groups in total. The average molecular weight is 399 g/mol. The van der Waals surface area contributed by atoms with Crippen molar-refractivity contribution in [2.24, 2.45) is 0 Å². The van der Waals surface area contributed by atoms with Gasteiger partial charge in [-0.15, -0.1) is 0 Å². The molecule has 0 spiro atoms. The first kappa shape index (κ1) is 20.7. The molecule has 1 heterocycles. The van der Waals surface area contributed by atoms with E-state index < -0.39 is 5.97 Å². The number of carboxylic acid groups (broad SMARTS) is 1. The smallest absolute Gasteiger partial charge is 0.335 e. The highest BCUT2D eigenvalue weighted by Crippen LogP contribution is 2.21. The number of rotatable bonds is 8. The minimum absolute atomic E-state index is 0.158. The van der Waals surface area contributed by atoms with E-state index in [1.807, 2.05) is 0 Å². The minimum atomic E-state index is -1.01. The molecular weight excluding hydrogens is 374 g/mol. The Labute approximate surface area is 169 Å². The standard InChI is InChI=1S/C22H25NO6/c1-27-20-14-17(22(25)26)3-2-15(20)8-11-23-21(24)16-4-6-18(7-5-16)29-19-9-12-28-13-10-19/h2-7,14,19H,8-13H2,1H3,(H,23,24)(H,25,26). The summed E-state index contributed by atoms with van der Waals surface area (Å²) in [5, 5.41) is 11.9. The molecule has 0 unspecified atom stereocenters. The van der Waals surface area contributed by atoms with Crippen LogP contribution in [0.3, 0.4) is 0 Å². The summed E-state index contributed by atoms with van der Waals surface area (Å²) in [4.78, 5) is 23.4. The molecule has 2 aromatic rings. The Morgan fingerprint density at radius 3 is 2.45 bits per heavy atom. The SMILES string of the molecule is COc1cc(C(=O)O)ccc1CCNC(=O)c1ccc(OC2CCOCC2)cc1. The first-order chi connectivity index (χ1) is 14.1. The Bertz CT molecular complexity index is 843. The molecule has 1 aliphatic heterocycles. The summed E-state index contributed by atoms with van der Waals surface area (Å²) >= 11 is 0. The molecular formula is C22H25NO6. The second kappa shape index (κ2) is 9.93. The van der Waals surface area contributed by atoms with Gasteiger partial charge in [-0.2, -0.15) is 0 Å². The van der Waals surface area contributed by atoms with Gasteiger partial charge in [0.15, 0.2) is 0 Å². The van der Waals surface area contributed by atoms with Gasteiger partial charge in [0.1, 0.15) is 17.6 Å². The Morgan fingerprint density at radius 1 is 1.10 bits per heavy atom. The van der Waals surface area contributed by atoms with E-state index in [2.05, 4.69) is 5.32 Å². The lowest BCUT2D eigenvalue weighted by Crippen LogP contribution is -2.26. The van der Waals surface area contributed by atoms with Crippen molar-refractivity contribution in [2.75, 3.05) is 26.9 Å². The fourth-order valence-corrected chi connectivity index (χ4v) is 3.17. The molecule has 0 saturated carbocycles. The largest absolute Gasteiger partial charge is 0.496 e. The van der Waals surface area contributed by atoms with E-state index in [0.717, 1.165) is 37.4 Å². The summed E-state index contributed by atoms with van der Waals surface area (Å²) < 4.78 is 16.5. The number of hydrogen-bond acceptors (Lipinski definition) is 5. The van der Waals surface area contributed by atoms with Gasteiger partial charge in [-0.3, -0.25) is 4.79 Å². The van der Waals surface area contributed by atoms with Crippen LogP contribution in [0, 0.1) is 0 Å². The zero-order chi connectivity index (χ0) is 20.6. The lowest BCUT2D eigenvalue weighted by Gasteiger charge is -2.23. The van der Waals surface area contributed by atoms with Gasteiger partial charge in [0.25, 0.3) is 5.91 Å². The van der Waals surface area contributed by atoms with E-state index >= 15 is 0 Å². The van der Waals surface area contributed by atoms with E-state index in [1.54, 1.807) is 30.3 Å². The number of aromatic carboxylic acids is 1. The Hall–Kier alpha value is -3.06. The highest BCUT2D eigenvalue weighted by molar-refractivity contribution is 5.94. The van der Waals surface area contributed by atoms with Crippen LogP contribution in [0.15, 0.2) is 42.5 Å². The fourth-order valence-electron chi connectivity index (χ4n) is 3.17. The highest BCUT2D eigenvalue weighted by atomic mass is 16.5. The van der Waals surface area contributed by atoms with E-state index in [0.29, 0.717) is 24.3 Å². The molecule has 2 aromatic carbocycles. The van der Waals surface area contributed by atoms with Gasteiger partial charge in [-0.05, 0) is 48.4 Å². The summed E-state index contributed by atoms with van der Waals surface area (Å²) in [6.07, 6.45) is 2.43. The number of benzene rings is 2. The van der Waals surface area contributed by atoms with Crippen LogP contribution < -0.4 is 14.8 Å².